The third-order valence-corrected chi connectivity index (χ3v) is 7.52. The van der Waals surface area contributed by atoms with E-state index in [4.69, 9.17) is 18.9 Å². The summed E-state index contributed by atoms with van der Waals surface area (Å²) in [5.41, 5.74) is -0.302. The van der Waals surface area contributed by atoms with Crippen LogP contribution in [0.25, 0.3) is 0 Å². The maximum Gasteiger partial charge on any atom is 0.338 e. The fraction of sp³-hybridized carbons (Fsp3) is 0.576. The molecule has 0 aliphatic heterocycles. The molecule has 0 aliphatic carbocycles. The van der Waals surface area contributed by atoms with E-state index in [9.17, 15) is 19.2 Å². The number of esters is 4. The second-order valence-corrected chi connectivity index (χ2v) is 10.8. The third kappa shape index (κ3) is 11.9. The van der Waals surface area contributed by atoms with E-state index in [-0.39, 0.29) is 37.6 Å². The first kappa shape index (κ1) is 35.6. The summed E-state index contributed by atoms with van der Waals surface area (Å²) in [5.74, 6) is -2.16. The van der Waals surface area contributed by atoms with Crippen molar-refractivity contribution >= 4 is 23.9 Å². The fourth-order valence-electron chi connectivity index (χ4n) is 4.24. The number of rotatable bonds is 20. The minimum absolute atomic E-state index is 0.0698. The van der Waals surface area contributed by atoms with Crippen LogP contribution in [0.4, 0.5) is 0 Å². The fourth-order valence-corrected chi connectivity index (χ4v) is 4.24. The van der Waals surface area contributed by atoms with Crippen LogP contribution in [0.5, 0.6) is 0 Å². The van der Waals surface area contributed by atoms with Gasteiger partial charge in [-0.15, -0.1) is 0 Å². The van der Waals surface area contributed by atoms with Gasteiger partial charge in [0, 0.05) is 22.5 Å². The maximum absolute atomic E-state index is 13.0. The van der Waals surface area contributed by atoms with Gasteiger partial charge in [0.2, 0.25) is 0 Å². The summed E-state index contributed by atoms with van der Waals surface area (Å²) in [6, 6.07) is 6.20. The highest BCUT2D eigenvalue weighted by atomic mass is 16.6. The molecule has 0 amide bonds. The topological polar surface area (TPSA) is 105 Å². The average Bonchev–Trinajstić information content (AvgIpc) is 3.00. The Morgan fingerprint density at radius 1 is 0.756 bits per heavy atom. The molecule has 0 aromatic heterocycles. The molecule has 1 aromatic carbocycles. The summed E-state index contributed by atoms with van der Waals surface area (Å²) in [5, 5.41) is 0. The highest BCUT2D eigenvalue weighted by molar-refractivity contribution is 5.95. The van der Waals surface area contributed by atoms with Crippen molar-refractivity contribution in [3.05, 3.63) is 60.2 Å². The Morgan fingerprint density at radius 3 is 1.59 bits per heavy atom. The van der Waals surface area contributed by atoms with Crippen LogP contribution in [0.3, 0.4) is 0 Å². The average molecular weight is 573 g/mol. The zero-order valence-corrected chi connectivity index (χ0v) is 25.6. The lowest BCUT2D eigenvalue weighted by Crippen LogP contribution is -2.34. The van der Waals surface area contributed by atoms with E-state index in [0.29, 0.717) is 18.4 Å². The van der Waals surface area contributed by atoms with Crippen LogP contribution in [0.2, 0.25) is 0 Å². The van der Waals surface area contributed by atoms with Gasteiger partial charge in [0.05, 0.1) is 11.1 Å². The Bertz CT molecular complexity index is 1050. The lowest BCUT2D eigenvalue weighted by Gasteiger charge is -2.32. The number of benzene rings is 1. The molecule has 2 atom stereocenters. The molecule has 1 rings (SSSR count). The van der Waals surface area contributed by atoms with E-state index in [0.717, 1.165) is 44.6 Å². The molecular formula is C33H48O8. The summed E-state index contributed by atoms with van der Waals surface area (Å²) in [7, 11) is 0. The van der Waals surface area contributed by atoms with Gasteiger partial charge in [-0.1, -0.05) is 72.6 Å². The van der Waals surface area contributed by atoms with Gasteiger partial charge in [-0.25, -0.2) is 19.2 Å². The first-order valence-corrected chi connectivity index (χ1v) is 14.6. The van der Waals surface area contributed by atoms with Gasteiger partial charge < -0.3 is 18.9 Å². The Balaban J connectivity index is 2.97. The van der Waals surface area contributed by atoms with Gasteiger partial charge in [0.1, 0.15) is 26.4 Å². The van der Waals surface area contributed by atoms with Crippen molar-refractivity contribution in [2.45, 2.75) is 86.0 Å². The van der Waals surface area contributed by atoms with Gasteiger partial charge in [-0.2, -0.15) is 0 Å². The van der Waals surface area contributed by atoms with Gasteiger partial charge in [-0.3, -0.25) is 0 Å². The summed E-state index contributed by atoms with van der Waals surface area (Å²) >= 11 is 0. The number of ether oxygens (including phenoxy) is 4. The molecule has 0 aliphatic rings. The van der Waals surface area contributed by atoms with E-state index in [1.54, 1.807) is 25.1 Å². The van der Waals surface area contributed by atoms with Crippen molar-refractivity contribution < 1.29 is 38.1 Å². The van der Waals surface area contributed by atoms with Crippen LogP contribution in [0.15, 0.2) is 49.1 Å². The molecule has 0 saturated heterocycles. The van der Waals surface area contributed by atoms with Crippen molar-refractivity contribution in [1.29, 1.82) is 0 Å². The second kappa shape index (κ2) is 18.1. The Labute approximate surface area is 245 Å². The minimum atomic E-state index is -0.582. The normalized spacial score (nSPS) is 13.7. The number of hydrogen-bond acceptors (Lipinski definition) is 8. The summed E-state index contributed by atoms with van der Waals surface area (Å²) < 4.78 is 22.1. The zero-order valence-electron chi connectivity index (χ0n) is 25.6. The highest BCUT2D eigenvalue weighted by Crippen LogP contribution is 2.32. The van der Waals surface area contributed by atoms with Crippen molar-refractivity contribution in [3.63, 3.8) is 0 Å². The predicted octanol–water partition coefficient (Wildman–Crippen LogP) is 7.02. The molecule has 0 spiro atoms. The largest absolute Gasteiger partial charge is 0.462 e. The van der Waals surface area contributed by atoms with Crippen LogP contribution >= 0.6 is 0 Å². The van der Waals surface area contributed by atoms with E-state index < -0.39 is 34.7 Å². The molecule has 0 fully saturated rings. The van der Waals surface area contributed by atoms with Crippen molar-refractivity contribution in [2.75, 3.05) is 26.4 Å². The summed E-state index contributed by atoms with van der Waals surface area (Å²) in [4.78, 5) is 49.7. The molecule has 8 heteroatoms. The predicted molar refractivity (Wildman–Crippen MR) is 158 cm³/mol. The second-order valence-electron chi connectivity index (χ2n) is 10.8. The van der Waals surface area contributed by atoms with Crippen molar-refractivity contribution in [2.24, 2.45) is 10.8 Å². The summed E-state index contributed by atoms with van der Waals surface area (Å²) in [6.07, 6.45) is 7.53. The molecule has 2 unspecified atom stereocenters. The monoisotopic (exact) mass is 572 g/mol. The molecule has 8 nitrogen and oxygen atoms in total. The molecule has 0 radical (unpaired) electrons. The van der Waals surface area contributed by atoms with Gasteiger partial charge >= 0.3 is 23.9 Å². The molecule has 228 valence electrons. The molecule has 0 saturated carbocycles. The Morgan fingerprint density at radius 2 is 1.20 bits per heavy atom. The number of hydrogen-bond donors (Lipinski definition) is 0. The molecular weight excluding hydrogens is 524 g/mol. The molecule has 1 aromatic rings. The molecule has 41 heavy (non-hydrogen) atoms. The van der Waals surface area contributed by atoms with Crippen molar-refractivity contribution in [3.8, 4) is 0 Å². The number of carbonyl (C=O) groups is 4. The van der Waals surface area contributed by atoms with Crippen LogP contribution in [0, 0.1) is 10.8 Å². The SMILES string of the molecule is C=CC(=O)OCC(CC)(CCCC)COC(=O)c1cccc(C(=O)OCC(CC)(CCCC)COC(=O)C(=C)C)c1. The Kier molecular flexibility index (Phi) is 15.7. The Hall–Kier alpha value is -3.42. The van der Waals surface area contributed by atoms with Crippen LogP contribution < -0.4 is 0 Å². The zero-order chi connectivity index (χ0) is 30.9. The third-order valence-electron chi connectivity index (χ3n) is 7.52. The van der Waals surface area contributed by atoms with E-state index in [1.165, 1.54) is 6.07 Å². The van der Waals surface area contributed by atoms with Gasteiger partial charge in [0.15, 0.2) is 0 Å². The summed E-state index contributed by atoms with van der Waals surface area (Å²) in [6.45, 7) is 17.1. The van der Waals surface area contributed by atoms with Crippen LogP contribution in [0.1, 0.15) is 107 Å². The van der Waals surface area contributed by atoms with E-state index in [2.05, 4.69) is 27.0 Å². The van der Waals surface area contributed by atoms with E-state index in [1.807, 2.05) is 13.8 Å². The van der Waals surface area contributed by atoms with E-state index >= 15 is 0 Å². The van der Waals surface area contributed by atoms with Crippen molar-refractivity contribution in [1.82, 2.24) is 0 Å². The first-order valence-electron chi connectivity index (χ1n) is 14.6. The maximum atomic E-state index is 13.0. The molecule has 0 N–H and O–H groups in total. The van der Waals surface area contributed by atoms with Gasteiger partial charge in [0.25, 0.3) is 0 Å². The molecule has 0 heterocycles. The highest BCUT2D eigenvalue weighted by Gasteiger charge is 2.33. The van der Waals surface area contributed by atoms with Crippen LogP contribution in [-0.4, -0.2) is 50.3 Å². The lowest BCUT2D eigenvalue weighted by atomic mass is 9.81. The smallest absolute Gasteiger partial charge is 0.338 e. The quantitative estimate of drug-likeness (QED) is 0.0932. The van der Waals surface area contributed by atoms with Gasteiger partial charge in [-0.05, 0) is 50.8 Å². The van der Waals surface area contributed by atoms with Crippen LogP contribution in [-0.2, 0) is 28.5 Å². The standard InChI is InChI=1S/C33H48O8/c1-8-13-18-32(11-4,21-38-28(34)10-3)23-40-30(36)26-16-15-17-27(20-26)31(37)41-24-33(12-5,19-14-9-2)22-39-29(35)25(6)7/h10,15-17,20H,3,6,8-9,11-14,18-19,21-24H2,1-2,4-5,7H3. The first-order chi connectivity index (χ1) is 19.5. The lowest BCUT2D eigenvalue weighted by molar-refractivity contribution is -0.144. The number of unbranched alkanes of at least 4 members (excludes halogenated alkanes) is 2. The molecule has 0 bridgehead atoms. The number of carbonyl (C=O) groups excluding carboxylic acids is 4. The minimum Gasteiger partial charge on any atom is -0.462 e.